The second kappa shape index (κ2) is 7.09. The Kier molecular flexibility index (Phi) is 4.78. The fourth-order valence-electron chi connectivity index (χ4n) is 4.24. The summed E-state index contributed by atoms with van der Waals surface area (Å²) in [5.74, 6) is 0.588. The summed E-state index contributed by atoms with van der Waals surface area (Å²) < 4.78 is 11.2. The van der Waals surface area contributed by atoms with E-state index in [0.717, 1.165) is 23.6 Å². The van der Waals surface area contributed by atoms with Crippen molar-refractivity contribution >= 4 is 17.7 Å². The van der Waals surface area contributed by atoms with Crippen molar-refractivity contribution in [3.8, 4) is 11.5 Å². The Morgan fingerprint density at radius 2 is 2.22 bits per heavy atom. The third-order valence-electron chi connectivity index (χ3n) is 5.66. The smallest absolute Gasteiger partial charge is 0.315 e. The second-order valence-electron chi connectivity index (χ2n) is 7.23. The van der Waals surface area contributed by atoms with Gasteiger partial charge in [0, 0.05) is 42.1 Å². The molecule has 0 unspecified atom stereocenters. The highest BCUT2D eigenvalue weighted by molar-refractivity contribution is 7.98. The summed E-state index contributed by atoms with van der Waals surface area (Å²) in [4.78, 5) is 15.7. The van der Waals surface area contributed by atoms with Crippen molar-refractivity contribution < 1.29 is 19.4 Å². The summed E-state index contributed by atoms with van der Waals surface area (Å²) in [6.45, 7) is 2.13. The Bertz CT molecular complexity index is 871. The van der Waals surface area contributed by atoms with E-state index in [1.165, 1.54) is 10.5 Å². The highest BCUT2D eigenvalue weighted by Gasteiger charge is 2.56. The molecule has 0 aliphatic carbocycles. The molecule has 0 amide bonds. The highest BCUT2D eigenvalue weighted by atomic mass is 32.2. The quantitative estimate of drug-likeness (QED) is 0.796. The van der Waals surface area contributed by atoms with Crippen LogP contribution in [0.1, 0.15) is 17.0 Å². The van der Waals surface area contributed by atoms with Crippen LogP contribution in [0.4, 0.5) is 0 Å². The number of likely N-dealkylation sites (tertiary alicyclic amines) is 1. The average Bonchev–Trinajstić information content (AvgIpc) is 3.07. The third-order valence-corrected chi connectivity index (χ3v) is 6.39. The Hall–Kier alpha value is -2.18. The maximum atomic E-state index is 12.3. The summed E-state index contributed by atoms with van der Waals surface area (Å²) in [5.41, 5.74) is 1.26. The van der Waals surface area contributed by atoms with Gasteiger partial charge >= 0.3 is 5.97 Å². The van der Waals surface area contributed by atoms with Crippen LogP contribution in [0.5, 0.6) is 11.5 Å². The van der Waals surface area contributed by atoms with Crippen molar-refractivity contribution in [2.75, 3.05) is 33.1 Å². The molecule has 2 aliphatic rings. The van der Waals surface area contributed by atoms with Crippen LogP contribution in [-0.4, -0.2) is 49.0 Å². The summed E-state index contributed by atoms with van der Waals surface area (Å²) in [5, 5.41) is 10.1. The van der Waals surface area contributed by atoms with Crippen molar-refractivity contribution in [2.24, 2.45) is 5.41 Å². The standard InChI is InChI=1S/C21H23NO4S/c1-25-15-6-7-17-18-11-22(10-14-4-3-5-16(8-14)27-2)12-21(18,20(23)24)13-26-19(17)9-15/h3-9,18H,10-13H2,1-2H3,(H,23,24)/t18-,21-/m1/s1. The number of hydrogen-bond donors (Lipinski definition) is 1. The largest absolute Gasteiger partial charge is 0.497 e. The maximum absolute atomic E-state index is 12.3. The first-order valence-corrected chi connectivity index (χ1v) is 10.2. The SMILES string of the molecule is COc1ccc2c(c1)OC[C@]1(C(=O)O)CN(Cc3cccc(SC)c3)C[C@H]21. The molecule has 142 valence electrons. The number of carboxylic acid groups (broad SMARTS) is 1. The van der Waals surface area contributed by atoms with Gasteiger partial charge in [0.05, 0.1) is 7.11 Å². The molecule has 2 aromatic carbocycles. The van der Waals surface area contributed by atoms with Crippen molar-refractivity contribution in [3.63, 3.8) is 0 Å². The number of hydrogen-bond acceptors (Lipinski definition) is 5. The van der Waals surface area contributed by atoms with Crippen molar-refractivity contribution in [3.05, 3.63) is 53.6 Å². The van der Waals surface area contributed by atoms with Gasteiger partial charge in [0.2, 0.25) is 0 Å². The lowest BCUT2D eigenvalue weighted by Gasteiger charge is -2.36. The van der Waals surface area contributed by atoms with Crippen LogP contribution >= 0.6 is 11.8 Å². The van der Waals surface area contributed by atoms with Gasteiger partial charge in [-0.25, -0.2) is 0 Å². The first-order chi connectivity index (χ1) is 13.1. The van der Waals surface area contributed by atoms with E-state index in [1.54, 1.807) is 18.9 Å². The number of rotatable bonds is 5. The monoisotopic (exact) mass is 385 g/mol. The highest BCUT2D eigenvalue weighted by Crippen LogP contribution is 2.50. The summed E-state index contributed by atoms with van der Waals surface area (Å²) in [6.07, 6.45) is 2.06. The molecular weight excluding hydrogens is 362 g/mol. The third kappa shape index (κ3) is 3.17. The van der Waals surface area contributed by atoms with E-state index in [-0.39, 0.29) is 12.5 Å². The van der Waals surface area contributed by atoms with Gasteiger partial charge in [-0.05, 0) is 30.0 Å². The molecule has 1 N–H and O–H groups in total. The van der Waals surface area contributed by atoms with Crippen LogP contribution in [0.25, 0.3) is 0 Å². The fraction of sp³-hybridized carbons (Fsp3) is 0.381. The van der Waals surface area contributed by atoms with Crippen molar-refractivity contribution in [1.82, 2.24) is 4.90 Å². The van der Waals surface area contributed by atoms with E-state index in [2.05, 4.69) is 35.4 Å². The van der Waals surface area contributed by atoms with Crippen LogP contribution in [0.2, 0.25) is 0 Å². The van der Waals surface area contributed by atoms with Gasteiger partial charge in [-0.2, -0.15) is 0 Å². The number of ether oxygens (including phenoxy) is 2. The lowest BCUT2D eigenvalue weighted by Crippen LogP contribution is -2.45. The molecule has 4 rings (SSSR count). The number of thioether (sulfide) groups is 1. The second-order valence-corrected chi connectivity index (χ2v) is 8.11. The molecular formula is C21H23NO4S. The minimum absolute atomic E-state index is 0.0895. The zero-order valence-electron chi connectivity index (χ0n) is 15.5. The predicted octanol–water partition coefficient (Wildman–Crippen LogP) is 3.48. The number of benzene rings is 2. The van der Waals surface area contributed by atoms with Crippen LogP contribution in [0.15, 0.2) is 47.4 Å². The first-order valence-electron chi connectivity index (χ1n) is 8.95. The van der Waals surface area contributed by atoms with Gasteiger partial charge in [0.15, 0.2) is 0 Å². The van der Waals surface area contributed by atoms with Crippen LogP contribution < -0.4 is 9.47 Å². The Balaban J connectivity index is 1.63. The molecule has 1 saturated heterocycles. The van der Waals surface area contributed by atoms with Crippen molar-refractivity contribution in [1.29, 1.82) is 0 Å². The molecule has 5 nitrogen and oxygen atoms in total. The molecule has 0 aromatic heterocycles. The van der Waals surface area contributed by atoms with E-state index >= 15 is 0 Å². The van der Waals surface area contributed by atoms with Crippen LogP contribution in [0, 0.1) is 5.41 Å². The fourth-order valence-corrected chi connectivity index (χ4v) is 4.72. The molecule has 1 fully saturated rings. The van der Waals surface area contributed by atoms with Crippen LogP contribution in [0.3, 0.4) is 0 Å². The van der Waals surface area contributed by atoms with Crippen molar-refractivity contribution in [2.45, 2.75) is 17.4 Å². The van der Waals surface area contributed by atoms with Gasteiger partial charge < -0.3 is 14.6 Å². The Morgan fingerprint density at radius 3 is 2.96 bits per heavy atom. The number of carboxylic acids is 1. The minimum Gasteiger partial charge on any atom is -0.497 e. The molecule has 2 aliphatic heterocycles. The zero-order valence-corrected chi connectivity index (χ0v) is 16.3. The summed E-state index contributed by atoms with van der Waals surface area (Å²) in [7, 11) is 1.62. The molecule has 0 bridgehead atoms. The molecule has 6 heteroatoms. The zero-order chi connectivity index (χ0) is 19.0. The number of nitrogens with zero attached hydrogens (tertiary/aromatic N) is 1. The normalized spacial score (nSPS) is 24.0. The van der Waals surface area contributed by atoms with E-state index in [9.17, 15) is 9.90 Å². The molecule has 27 heavy (non-hydrogen) atoms. The van der Waals surface area contributed by atoms with E-state index in [1.807, 2.05) is 18.2 Å². The average molecular weight is 385 g/mol. The number of aliphatic carboxylic acids is 1. The van der Waals surface area contributed by atoms with Crippen LogP contribution in [-0.2, 0) is 11.3 Å². The van der Waals surface area contributed by atoms with Gasteiger partial charge in [0.25, 0.3) is 0 Å². The first kappa shape index (κ1) is 18.2. The lowest BCUT2D eigenvalue weighted by molar-refractivity contribution is -0.151. The van der Waals surface area contributed by atoms with Gasteiger partial charge in [-0.15, -0.1) is 11.8 Å². The topological polar surface area (TPSA) is 59.0 Å². The van der Waals surface area contributed by atoms with Gasteiger partial charge in [-0.1, -0.05) is 18.2 Å². The maximum Gasteiger partial charge on any atom is 0.315 e. The molecule has 0 saturated carbocycles. The summed E-state index contributed by atoms with van der Waals surface area (Å²) >= 11 is 1.71. The number of carbonyl (C=O) groups is 1. The molecule has 2 heterocycles. The number of fused-ring (bicyclic) bond motifs is 3. The number of methoxy groups -OCH3 is 1. The van der Waals surface area contributed by atoms with E-state index < -0.39 is 11.4 Å². The Morgan fingerprint density at radius 1 is 1.37 bits per heavy atom. The molecule has 0 spiro atoms. The Labute approximate surface area is 163 Å². The molecule has 0 radical (unpaired) electrons. The van der Waals surface area contributed by atoms with E-state index in [4.69, 9.17) is 9.47 Å². The minimum atomic E-state index is -0.904. The summed E-state index contributed by atoms with van der Waals surface area (Å²) in [6, 6.07) is 14.1. The lowest BCUT2D eigenvalue weighted by atomic mass is 9.73. The van der Waals surface area contributed by atoms with Gasteiger partial charge in [0.1, 0.15) is 23.5 Å². The van der Waals surface area contributed by atoms with Gasteiger partial charge in [-0.3, -0.25) is 9.69 Å². The molecule has 2 aromatic rings. The van der Waals surface area contributed by atoms with E-state index in [0.29, 0.717) is 13.1 Å². The predicted molar refractivity (Wildman–Crippen MR) is 105 cm³/mol. The molecule has 2 atom stereocenters.